The van der Waals surface area contributed by atoms with Gasteiger partial charge < -0.3 is 19.9 Å². The molecule has 2 heterocycles. The molecule has 2 aromatic carbocycles. The van der Waals surface area contributed by atoms with Crippen molar-refractivity contribution in [2.24, 2.45) is 0 Å². The Hall–Kier alpha value is -2.78. The van der Waals surface area contributed by atoms with Crippen molar-refractivity contribution in [1.29, 1.82) is 0 Å². The number of benzene rings is 2. The monoisotopic (exact) mass is 699 g/mol. The number of nitrogens with one attached hydrogen (secondary N) is 2. The lowest BCUT2D eigenvalue weighted by molar-refractivity contribution is -0.126. The molecular formula is C32H38F4N3O4PS2. The molecular weight excluding hydrogens is 661 g/mol. The van der Waals surface area contributed by atoms with Gasteiger partial charge in [-0.1, -0.05) is 24.0 Å². The molecule has 2 aliphatic rings. The van der Waals surface area contributed by atoms with Gasteiger partial charge in [0, 0.05) is 30.5 Å². The molecule has 1 aliphatic carbocycles. The second-order valence-electron chi connectivity index (χ2n) is 12.2. The van der Waals surface area contributed by atoms with Crippen LogP contribution in [0.25, 0.3) is 10.1 Å². The summed E-state index contributed by atoms with van der Waals surface area (Å²) in [6, 6.07) is 10.7. The second kappa shape index (κ2) is 14.1. The molecule has 5 rings (SSSR count). The van der Waals surface area contributed by atoms with Crippen LogP contribution in [-0.4, -0.2) is 82.9 Å². The van der Waals surface area contributed by atoms with Gasteiger partial charge in [0.2, 0.25) is 6.86 Å². The minimum atomic E-state index is -4.42. The van der Waals surface area contributed by atoms with Crippen LogP contribution in [0.4, 0.5) is 28.9 Å². The van der Waals surface area contributed by atoms with Gasteiger partial charge in [0.1, 0.15) is 12.9 Å². The molecule has 250 valence electrons. The third kappa shape index (κ3) is 8.77. The number of nitrogens with zero attached hydrogens (tertiary/aromatic N) is 1. The fourth-order valence-corrected chi connectivity index (χ4v) is 9.35. The first-order valence-electron chi connectivity index (χ1n) is 15.2. The summed E-state index contributed by atoms with van der Waals surface area (Å²) in [6.45, 7) is 3.33. The van der Waals surface area contributed by atoms with Crippen molar-refractivity contribution in [3.05, 3.63) is 46.8 Å². The maximum atomic E-state index is 13.7. The molecule has 3 aromatic rings. The Balaban J connectivity index is 1.31. The number of anilines is 2. The maximum absolute atomic E-state index is 13.7. The van der Waals surface area contributed by atoms with E-state index in [-0.39, 0.29) is 35.4 Å². The summed E-state index contributed by atoms with van der Waals surface area (Å²) >= 11 is 1.23. The van der Waals surface area contributed by atoms with Crippen LogP contribution in [0.1, 0.15) is 36.1 Å². The highest BCUT2D eigenvalue weighted by Crippen LogP contribution is 2.40. The Labute approximate surface area is 271 Å². The van der Waals surface area contributed by atoms with Crippen molar-refractivity contribution >= 4 is 55.1 Å². The van der Waals surface area contributed by atoms with Gasteiger partial charge in [-0.15, -0.1) is 11.3 Å². The molecule has 46 heavy (non-hydrogen) atoms. The lowest BCUT2D eigenvalue weighted by Gasteiger charge is -2.39. The lowest BCUT2D eigenvalue weighted by Crippen LogP contribution is -2.48. The van der Waals surface area contributed by atoms with E-state index in [1.165, 1.54) is 17.4 Å². The van der Waals surface area contributed by atoms with Crippen LogP contribution in [0.3, 0.4) is 0 Å². The Kier molecular flexibility index (Phi) is 10.6. The average Bonchev–Trinajstić information content (AvgIpc) is 3.32. The molecule has 1 aliphatic heterocycles. The summed E-state index contributed by atoms with van der Waals surface area (Å²) in [6.07, 6.45) is -1.90. The summed E-state index contributed by atoms with van der Waals surface area (Å²) in [5, 5.41) is 7.66. The van der Waals surface area contributed by atoms with E-state index in [1.54, 1.807) is 37.6 Å². The summed E-state index contributed by atoms with van der Waals surface area (Å²) in [5.41, 5.74) is 1.35. The third-order valence-corrected chi connectivity index (χ3v) is 12.8. The van der Waals surface area contributed by atoms with Crippen LogP contribution >= 0.6 is 18.5 Å². The highest BCUT2D eigenvalue weighted by Gasteiger charge is 2.32. The third-order valence-electron chi connectivity index (χ3n) is 8.51. The van der Waals surface area contributed by atoms with Crippen LogP contribution < -0.4 is 20.7 Å². The van der Waals surface area contributed by atoms with Crippen molar-refractivity contribution in [2.75, 3.05) is 62.0 Å². The number of thiophene rings is 1. The molecule has 14 heteroatoms. The number of rotatable bonds is 9. The van der Waals surface area contributed by atoms with Gasteiger partial charge >= 0.3 is 6.18 Å². The smallest absolute Gasteiger partial charge is 0.393 e. The zero-order valence-corrected chi connectivity index (χ0v) is 28.3. The molecule has 0 spiro atoms. The predicted octanol–water partition coefficient (Wildman–Crippen LogP) is 6.48. The van der Waals surface area contributed by atoms with Crippen molar-refractivity contribution in [3.63, 3.8) is 0 Å². The van der Waals surface area contributed by atoms with Crippen molar-refractivity contribution in [3.8, 4) is 17.6 Å². The largest absolute Gasteiger partial charge is 0.461 e. The van der Waals surface area contributed by atoms with Crippen LogP contribution in [0.2, 0.25) is 0 Å². The predicted molar refractivity (Wildman–Crippen MR) is 179 cm³/mol. The standard InChI is InChI=1S/C32H38F4N3O4PS2/c1-44(2,40)24-12-13-27(29(19-24)43-21-33)37-14-4-7-30-26(20-32(34,35)36)25-5-3-6-28(31(25)45-30)38-22-8-10-23(11-9-22)39-15-17-46(41,42)18-16-39/h3,5-6,12-13,19,22-23,37-38H,8-11,14-18,20-21H2,1-2H3. The molecule has 0 atom stereocenters. The summed E-state index contributed by atoms with van der Waals surface area (Å²) in [5.74, 6) is 6.43. The number of hydrogen-bond donors (Lipinski definition) is 2. The molecule has 1 saturated carbocycles. The Morgan fingerprint density at radius 2 is 1.78 bits per heavy atom. The van der Waals surface area contributed by atoms with Gasteiger partial charge in [-0.25, -0.2) is 12.8 Å². The van der Waals surface area contributed by atoms with Gasteiger partial charge in [-0.2, -0.15) is 13.2 Å². The molecule has 2 N–H and O–H groups in total. The van der Waals surface area contributed by atoms with Gasteiger partial charge in [-0.3, -0.25) is 4.90 Å². The van der Waals surface area contributed by atoms with Crippen LogP contribution in [-0.2, 0) is 20.8 Å². The number of fused-ring (bicyclic) bond motifs is 1. The Morgan fingerprint density at radius 1 is 1.07 bits per heavy atom. The minimum absolute atomic E-state index is 0.0644. The highest BCUT2D eigenvalue weighted by atomic mass is 32.2. The van der Waals surface area contributed by atoms with Crippen molar-refractivity contribution in [2.45, 2.75) is 50.4 Å². The lowest BCUT2D eigenvalue weighted by atomic mass is 9.90. The zero-order chi connectivity index (χ0) is 33.1. The zero-order valence-electron chi connectivity index (χ0n) is 25.8. The maximum Gasteiger partial charge on any atom is 0.393 e. The van der Waals surface area contributed by atoms with Gasteiger partial charge in [0.15, 0.2) is 9.84 Å². The summed E-state index contributed by atoms with van der Waals surface area (Å²) in [7, 11) is -5.53. The molecule has 0 amide bonds. The van der Waals surface area contributed by atoms with Crippen LogP contribution in [0, 0.1) is 11.8 Å². The first-order valence-corrected chi connectivity index (χ1v) is 20.4. The Morgan fingerprint density at radius 3 is 2.43 bits per heavy atom. The fourth-order valence-electron chi connectivity index (χ4n) is 6.09. The molecule has 7 nitrogen and oxygen atoms in total. The van der Waals surface area contributed by atoms with E-state index in [1.807, 2.05) is 6.07 Å². The molecule has 1 aromatic heterocycles. The average molecular weight is 700 g/mol. The molecule has 0 radical (unpaired) electrons. The molecule has 0 bridgehead atoms. The first-order chi connectivity index (χ1) is 21.7. The van der Waals surface area contributed by atoms with E-state index < -0.39 is 36.4 Å². The molecule has 2 fully saturated rings. The van der Waals surface area contributed by atoms with Gasteiger partial charge in [0.05, 0.1) is 45.4 Å². The van der Waals surface area contributed by atoms with E-state index >= 15 is 0 Å². The summed E-state index contributed by atoms with van der Waals surface area (Å²) < 4.78 is 96.0. The van der Waals surface area contributed by atoms with Crippen molar-refractivity contribution < 1.29 is 35.3 Å². The minimum Gasteiger partial charge on any atom is -0.461 e. The molecule has 0 unspecified atom stereocenters. The number of halogens is 4. The first kappa shape index (κ1) is 34.6. The van der Waals surface area contributed by atoms with Gasteiger partial charge in [-0.05, 0) is 74.2 Å². The second-order valence-corrected chi connectivity index (χ2v) is 18.7. The van der Waals surface area contributed by atoms with E-state index in [4.69, 9.17) is 4.74 Å². The normalized spacial score (nSPS) is 20.6. The number of ether oxygens (including phenoxy) is 1. The topological polar surface area (TPSA) is 87.7 Å². The number of sulfone groups is 1. The van der Waals surface area contributed by atoms with E-state index in [0.29, 0.717) is 40.4 Å². The van der Waals surface area contributed by atoms with E-state index in [0.717, 1.165) is 36.1 Å². The fraction of sp³-hybridized carbons (Fsp3) is 0.500. The highest BCUT2D eigenvalue weighted by molar-refractivity contribution is 7.91. The number of hydrogen-bond acceptors (Lipinski definition) is 8. The summed E-state index contributed by atoms with van der Waals surface area (Å²) in [4.78, 5) is 2.61. The SMILES string of the molecule is CP(C)(=O)c1ccc(NCC#Cc2sc3c(NC4CCC(N5CCS(=O)(=O)CC5)CC4)cccc3c2CC(F)(F)F)c(OCF)c1. The van der Waals surface area contributed by atoms with E-state index in [2.05, 4.69) is 27.4 Å². The van der Waals surface area contributed by atoms with Gasteiger partial charge in [0.25, 0.3) is 0 Å². The number of alkyl halides is 4. The quantitative estimate of drug-likeness (QED) is 0.150. The van der Waals surface area contributed by atoms with Crippen LogP contribution in [0.5, 0.6) is 5.75 Å². The van der Waals surface area contributed by atoms with Crippen molar-refractivity contribution in [1.82, 2.24) is 4.90 Å². The van der Waals surface area contributed by atoms with Crippen LogP contribution in [0.15, 0.2) is 36.4 Å². The van der Waals surface area contributed by atoms with E-state index in [9.17, 15) is 30.5 Å². The molecule has 1 saturated heterocycles. The Bertz CT molecular complexity index is 1760.